The Morgan fingerprint density at radius 2 is 1.95 bits per heavy atom. The zero-order valence-electron chi connectivity index (χ0n) is 12.4. The average molecular weight is 368 g/mol. The van der Waals surface area contributed by atoms with Gasteiger partial charge in [-0.15, -0.1) is 0 Å². The van der Waals surface area contributed by atoms with Gasteiger partial charge >= 0.3 is 6.18 Å². The average Bonchev–Trinajstić information content (AvgIpc) is 2.38. The maximum Gasteiger partial charge on any atom is 0.417 e. The first-order chi connectivity index (χ1) is 9.75. The van der Waals surface area contributed by atoms with Crippen molar-refractivity contribution in [2.45, 2.75) is 45.5 Å². The second kappa shape index (κ2) is 8.15. The lowest BCUT2D eigenvalue weighted by Gasteiger charge is -2.22. The Bertz CT molecular complexity index is 449. The molecule has 0 saturated heterocycles. The summed E-state index contributed by atoms with van der Waals surface area (Å²) in [6.45, 7) is 6.88. The molecule has 2 nitrogen and oxygen atoms in total. The van der Waals surface area contributed by atoms with E-state index in [9.17, 15) is 13.2 Å². The highest BCUT2D eigenvalue weighted by Crippen LogP contribution is 2.36. The highest BCUT2D eigenvalue weighted by molar-refractivity contribution is 9.10. The molecule has 1 N–H and O–H groups in total. The minimum Gasteiger partial charge on any atom is -0.377 e. The first-order valence-corrected chi connectivity index (χ1v) is 7.76. The smallest absolute Gasteiger partial charge is 0.377 e. The minimum absolute atomic E-state index is 0.0356. The van der Waals surface area contributed by atoms with Crippen LogP contribution in [0.2, 0.25) is 0 Å². The molecule has 0 saturated carbocycles. The van der Waals surface area contributed by atoms with Crippen molar-refractivity contribution in [2.75, 3.05) is 13.2 Å². The SMILES string of the molecule is CCCNC(COC(C)C)c1ccc(Br)c(C(F)(F)F)c1. The van der Waals surface area contributed by atoms with E-state index in [0.29, 0.717) is 12.2 Å². The molecule has 0 aromatic heterocycles. The van der Waals surface area contributed by atoms with Crippen LogP contribution in [0.25, 0.3) is 0 Å². The van der Waals surface area contributed by atoms with Gasteiger partial charge in [0, 0.05) is 4.47 Å². The van der Waals surface area contributed by atoms with E-state index in [0.717, 1.165) is 13.0 Å². The summed E-state index contributed by atoms with van der Waals surface area (Å²) < 4.78 is 44.5. The molecule has 0 aliphatic heterocycles. The molecule has 0 fully saturated rings. The number of alkyl halides is 3. The zero-order valence-corrected chi connectivity index (χ0v) is 14.0. The summed E-state index contributed by atoms with van der Waals surface area (Å²) >= 11 is 2.96. The molecular formula is C15H21BrF3NO. The quantitative estimate of drug-likeness (QED) is 0.737. The maximum atomic E-state index is 13.0. The molecule has 1 atom stereocenters. The van der Waals surface area contributed by atoms with Crippen molar-refractivity contribution >= 4 is 15.9 Å². The Morgan fingerprint density at radius 3 is 2.48 bits per heavy atom. The van der Waals surface area contributed by atoms with E-state index >= 15 is 0 Å². The standard InChI is InChI=1S/C15H21BrF3NO/c1-4-7-20-14(9-21-10(2)3)11-5-6-13(16)12(8-11)15(17,18)19/h5-6,8,10,14,20H,4,7,9H2,1-3H3. The largest absolute Gasteiger partial charge is 0.417 e. The van der Waals surface area contributed by atoms with Gasteiger partial charge in [-0.1, -0.05) is 28.9 Å². The fourth-order valence-electron chi connectivity index (χ4n) is 1.86. The van der Waals surface area contributed by atoms with Gasteiger partial charge in [-0.2, -0.15) is 13.2 Å². The van der Waals surface area contributed by atoms with Crippen LogP contribution in [-0.2, 0) is 10.9 Å². The summed E-state index contributed by atoms with van der Waals surface area (Å²) in [5.74, 6) is 0. The molecular weight excluding hydrogens is 347 g/mol. The van der Waals surface area contributed by atoms with E-state index in [1.807, 2.05) is 20.8 Å². The molecule has 6 heteroatoms. The van der Waals surface area contributed by atoms with Crippen LogP contribution in [0.5, 0.6) is 0 Å². The normalized spacial score (nSPS) is 13.7. The van der Waals surface area contributed by atoms with E-state index in [1.54, 1.807) is 6.07 Å². The van der Waals surface area contributed by atoms with E-state index in [1.165, 1.54) is 12.1 Å². The lowest BCUT2D eigenvalue weighted by atomic mass is 10.0. The topological polar surface area (TPSA) is 21.3 Å². The Hall–Kier alpha value is -0.590. The molecule has 120 valence electrons. The molecule has 0 bridgehead atoms. The third kappa shape index (κ3) is 5.96. The number of benzene rings is 1. The predicted octanol–water partition coefficient (Wildman–Crippen LogP) is 4.93. The Morgan fingerprint density at radius 1 is 1.29 bits per heavy atom. The second-order valence-electron chi connectivity index (χ2n) is 5.13. The first kappa shape index (κ1) is 18.5. The predicted molar refractivity (Wildman–Crippen MR) is 81.3 cm³/mol. The van der Waals surface area contributed by atoms with E-state index < -0.39 is 11.7 Å². The molecule has 0 spiro atoms. The van der Waals surface area contributed by atoms with Crippen molar-refractivity contribution in [1.82, 2.24) is 5.32 Å². The van der Waals surface area contributed by atoms with Gasteiger partial charge in [0.05, 0.1) is 24.3 Å². The molecule has 1 unspecified atom stereocenters. The number of hydrogen-bond acceptors (Lipinski definition) is 2. The summed E-state index contributed by atoms with van der Waals surface area (Å²) in [7, 11) is 0. The van der Waals surface area contributed by atoms with Crippen molar-refractivity contribution in [2.24, 2.45) is 0 Å². The summed E-state index contributed by atoms with van der Waals surface area (Å²) in [6.07, 6.45) is -3.43. The molecule has 0 aliphatic rings. The number of ether oxygens (including phenoxy) is 1. The van der Waals surface area contributed by atoms with Crippen LogP contribution < -0.4 is 5.32 Å². The molecule has 0 aliphatic carbocycles. The minimum atomic E-state index is -4.37. The van der Waals surface area contributed by atoms with Crippen LogP contribution in [0, 0.1) is 0 Å². The van der Waals surface area contributed by atoms with Crippen molar-refractivity contribution in [3.8, 4) is 0 Å². The summed E-state index contributed by atoms with van der Waals surface area (Å²) in [5, 5.41) is 3.23. The lowest BCUT2D eigenvalue weighted by Crippen LogP contribution is -2.28. The van der Waals surface area contributed by atoms with Crippen LogP contribution in [0.4, 0.5) is 13.2 Å². The van der Waals surface area contributed by atoms with Gasteiger partial charge in [0.1, 0.15) is 0 Å². The van der Waals surface area contributed by atoms with E-state index in [4.69, 9.17) is 4.74 Å². The van der Waals surface area contributed by atoms with Crippen LogP contribution >= 0.6 is 15.9 Å². The number of halogens is 4. The van der Waals surface area contributed by atoms with Crippen LogP contribution in [0.3, 0.4) is 0 Å². The fourth-order valence-corrected chi connectivity index (χ4v) is 2.33. The van der Waals surface area contributed by atoms with Crippen LogP contribution in [-0.4, -0.2) is 19.3 Å². The fraction of sp³-hybridized carbons (Fsp3) is 0.600. The van der Waals surface area contributed by atoms with Gasteiger partial charge in [-0.3, -0.25) is 0 Å². The molecule has 1 aromatic carbocycles. The highest BCUT2D eigenvalue weighted by Gasteiger charge is 2.33. The highest BCUT2D eigenvalue weighted by atomic mass is 79.9. The van der Waals surface area contributed by atoms with Gasteiger partial charge in [-0.05, 0) is 44.5 Å². The van der Waals surface area contributed by atoms with Crippen LogP contribution in [0.1, 0.15) is 44.4 Å². The lowest BCUT2D eigenvalue weighted by molar-refractivity contribution is -0.138. The van der Waals surface area contributed by atoms with Gasteiger partial charge < -0.3 is 10.1 Å². The van der Waals surface area contributed by atoms with E-state index in [2.05, 4.69) is 21.2 Å². The van der Waals surface area contributed by atoms with Crippen molar-refractivity contribution in [1.29, 1.82) is 0 Å². The molecule has 0 radical (unpaired) electrons. The number of nitrogens with one attached hydrogen (secondary N) is 1. The molecule has 0 amide bonds. The van der Waals surface area contributed by atoms with E-state index in [-0.39, 0.29) is 16.6 Å². The van der Waals surface area contributed by atoms with Gasteiger partial charge in [0.25, 0.3) is 0 Å². The van der Waals surface area contributed by atoms with Crippen molar-refractivity contribution in [3.63, 3.8) is 0 Å². The molecule has 0 heterocycles. The zero-order chi connectivity index (χ0) is 16.0. The summed E-state index contributed by atoms with van der Waals surface area (Å²) in [5.41, 5.74) is -0.0764. The Kier molecular flexibility index (Phi) is 7.16. The summed E-state index contributed by atoms with van der Waals surface area (Å²) in [6, 6.07) is 4.06. The third-order valence-corrected chi connectivity index (χ3v) is 3.63. The van der Waals surface area contributed by atoms with Crippen molar-refractivity contribution in [3.05, 3.63) is 33.8 Å². The van der Waals surface area contributed by atoms with Crippen LogP contribution in [0.15, 0.2) is 22.7 Å². The maximum absolute atomic E-state index is 13.0. The Balaban J connectivity index is 3.00. The third-order valence-electron chi connectivity index (χ3n) is 2.94. The number of rotatable bonds is 7. The Labute approximate surface area is 132 Å². The monoisotopic (exact) mass is 367 g/mol. The number of hydrogen-bond donors (Lipinski definition) is 1. The van der Waals surface area contributed by atoms with Gasteiger partial charge in [0.2, 0.25) is 0 Å². The van der Waals surface area contributed by atoms with Crippen molar-refractivity contribution < 1.29 is 17.9 Å². The van der Waals surface area contributed by atoms with Gasteiger partial charge in [0.15, 0.2) is 0 Å². The van der Waals surface area contributed by atoms with Gasteiger partial charge in [-0.25, -0.2) is 0 Å². The molecule has 1 aromatic rings. The second-order valence-corrected chi connectivity index (χ2v) is 5.98. The summed E-state index contributed by atoms with van der Waals surface area (Å²) in [4.78, 5) is 0. The molecule has 1 rings (SSSR count). The first-order valence-electron chi connectivity index (χ1n) is 6.97. The molecule has 21 heavy (non-hydrogen) atoms.